The maximum atomic E-state index is 13.3. The molecule has 1 amide bonds. The van der Waals surface area contributed by atoms with Crippen molar-refractivity contribution in [3.63, 3.8) is 0 Å². The smallest absolute Gasteiger partial charge is 0.254 e. The SMILES string of the molecule is NC1CCC(OCCNC(=O)c2ccncc2F)CC1. The second kappa shape index (κ2) is 7.31. The highest BCUT2D eigenvalue weighted by Crippen LogP contribution is 2.19. The average molecular weight is 281 g/mol. The molecule has 1 aliphatic rings. The van der Waals surface area contributed by atoms with Crippen LogP contribution < -0.4 is 11.1 Å². The summed E-state index contributed by atoms with van der Waals surface area (Å²) in [6.07, 6.45) is 6.54. The Balaban J connectivity index is 1.66. The number of nitrogens with zero attached hydrogens (tertiary/aromatic N) is 1. The van der Waals surface area contributed by atoms with Crippen molar-refractivity contribution in [1.82, 2.24) is 10.3 Å². The number of hydrogen-bond donors (Lipinski definition) is 2. The summed E-state index contributed by atoms with van der Waals surface area (Å²) in [6, 6.07) is 1.65. The number of carbonyl (C=O) groups excluding carboxylic acids is 1. The molecule has 6 heteroatoms. The molecule has 0 radical (unpaired) electrons. The number of pyridine rings is 1. The predicted octanol–water partition coefficient (Wildman–Crippen LogP) is 1.24. The lowest BCUT2D eigenvalue weighted by Crippen LogP contribution is -2.33. The second-order valence-corrected chi connectivity index (χ2v) is 5.02. The summed E-state index contributed by atoms with van der Waals surface area (Å²) in [4.78, 5) is 15.3. The van der Waals surface area contributed by atoms with Crippen LogP contribution in [0, 0.1) is 5.82 Å². The van der Waals surface area contributed by atoms with Gasteiger partial charge < -0.3 is 15.8 Å². The molecule has 0 spiro atoms. The molecule has 0 saturated heterocycles. The fourth-order valence-corrected chi connectivity index (χ4v) is 2.30. The van der Waals surface area contributed by atoms with E-state index >= 15 is 0 Å². The van der Waals surface area contributed by atoms with Gasteiger partial charge in [0.1, 0.15) is 0 Å². The third-order valence-electron chi connectivity index (χ3n) is 3.48. The molecule has 1 saturated carbocycles. The Morgan fingerprint density at radius 2 is 2.20 bits per heavy atom. The quantitative estimate of drug-likeness (QED) is 0.796. The fourth-order valence-electron chi connectivity index (χ4n) is 2.30. The lowest BCUT2D eigenvalue weighted by molar-refractivity contribution is 0.0267. The van der Waals surface area contributed by atoms with Crippen molar-refractivity contribution in [3.8, 4) is 0 Å². The fraction of sp³-hybridized carbons (Fsp3) is 0.571. The molecule has 1 aromatic heterocycles. The van der Waals surface area contributed by atoms with Crippen LogP contribution in [0.25, 0.3) is 0 Å². The molecule has 1 aromatic rings. The highest BCUT2D eigenvalue weighted by atomic mass is 19.1. The summed E-state index contributed by atoms with van der Waals surface area (Å²) < 4.78 is 19.0. The molecule has 0 unspecified atom stereocenters. The molecule has 0 aliphatic heterocycles. The van der Waals surface area contributed by atoms with E-state index in [0.29, 0.717) is 19.2 Å². The van der Waals surface area contributed by atoms with Crippen LogP contribution in [0.3, 0.4) is 0 Å². The van der Waals surface area contributed by atoms with Gasteiger partial charge in [-0.25, -0.2) is 4.39 Å². The van der Waals surface area contributed by atoms with Gasteiger partial charge in [-0.15, -0.1) is 0 Å². The zero-order valence-electron chi connectivity index (χ0n) is 11.3. The normalized spacial score (nSPS) is 22.5. The van der Waals surface area contributed by atoms with Crippen molar-refractivity contribution in [2.24, 2.45) is 5.73 Å². The first-order chi connectivity index (χ1) is 9.66. The number of hydrogen-bond acceptors (Lipinski definition) is 4. The minimum Gasteiger partial charge on any atom is -0.376 e. The van der Waals surface area contributed by atoms with Crippen LogP contribution in [0.2, 0.25) is 0 Å². The molecular formula is C14H20FN3O2. The highest BCUT2D eigenvalue weighted by molar-refractivity contribution is 5.94. The van der Waals surface area contributed by atoms with Gasteiger partial charge in [0.15, 0.2) is 5.82 Å². The zero-order chi connectivity index (χ0) is 14.4. The van der Waals surface area contributed by atoms with E-state index in [4.69, 9.17) is 10.5 Å². The Morgan fingerprint density at radius 1 is 1.45 bits per heavy atom. The molecular weight excluding hydrogens is 261 g/mol. The summed E-state index contributed by atoms with van der Waals surface area (Å²) in [5.74, 6) is -1.06. The predicted molar refractivity (Wildman–Crippen MR) is 72.7 cm³/mol. The Hall–Kier alpha value is -1.53. The first-order valence-electron chi connectivity index (χ1n) is 6.91. The Morgan fingerprint density at radius 3 is 2.90 bits per heavy atom. The zero-order valence-corrected chi connectivity index (χ0v) is 11.3. The number of aromatic nitrogens is 1. The molecule has 2 rings (SSSR count). The van der Waals surface area contributed by atoms with Crippen LogP contribution in [0.5, 0.6) is 0 Å². The molecule has 0 bridgehead atoms. The molecule has 1 heterocycles. The lowest BCUT2D eigenvalue weighted by atomic mass is 9.94. The molecule has 0 atom stereocenters. The van der Waals surface area contributed by atoms with Crippen LogP contribution in [0.15, 0.2) is 18.5 Å². The van der Waals surface area contributed by atoms with Gasteiger partial charge in [-0.2, -0.15) is 0 Å². The standard InChI is InChI=1S/C14H20FN3O2/c15-13-9-17-6-5-12(13)14(19)18-7-8-20-11-3-1-10(16)2-4-11/h5-6,9-11H,1-4,7-8,16H2,(H,18,19). The van der Waals surface area contributed by atoms with E-state index in [1.165, 1.54) is 12.3 Å². The molecule has 5 nitrogen and oxygen atoms in total. The van der Waals surface area contributed by atoms with Gasteiger partial charge >= 0.3 is 0 Å². The van der Waals surface area contributed by atoms with Crippen LogP contribution in [-0.4, -0.2) is 36.2 Å². The second-order valence-electron chi connectivity index (χ2n) is 5.02. The van der Waals surface area contributed by atoms with E-state index in [1.54, 1.807) is 0 Å². The van der Waals surface area contributed by atoms with Crippen molar-refractivity contribution >= 4 is 5.91 Å². The van der Waals surface area contributed by atoms with Gasteiger partial charge in [-0.1, -0.05) is 0 Å². The number of amides is 1. The Bertz CT molecular complexity index is 448. The molecule has 20 heavy (non-hydrogen) atoms. The molecule has 1 aliphatic carbocycles. The molecule has 110 valence electrons. The monoisotopic (exact) mass is 281 g/mol. The number of ether oxygens (including phenoxy) is 1. The first kappa shape index (κ1) is 14.9. The van der Waals surface area contributed by atoms with Gasteiger partial charge in [-0.05, 0) is 31.7 Å². The van der Waals surface area contributed by atoms with E-state index < -0.39 is 11.7 Å². The number of nitrogens with one attached hydrogen (secondary N) is 1. The molecule has 1 fully saturated rings. The van der Waals surface area contributed by atoms with E-state index in [1.807, 2.05) is 0 Å². The minimum absolute atomic E-state index is 0.00337. The van der Waals surface area contributed by atoms with E-state index in [2.05, 4.69) is 10.3 Å². The Labute approximate surface area is 117 Å². The number of rotatable bonds is 5. The van der Waals surface area contributed by atoms with Crippen molar-refractivity contribution in [2.75, 3.05) is 13.2 Å². The van der Waals surface area contributed by atoms with E-state index in [0.717, 1.165) is 31.9 Å². The van der Waals surface area contributed by atoms with Gasteiger partial charge in [0.25, 0.3) is 5.91 Å². The average Bonchev–Trinajstić information content (AvgIpc) is 2.46. The highest BCUT2D eigenvalue weighted by Gasteiger charge is 2.18. The van der Waals surface area contributed by atoms with Crippen LogP contribution in [0.4, 0.5) is 4.39 Å². The summed E-state index contributed by atoms with van der Waals surface area (Å²) in [7, 11) is 0. The summed E-state index contributed by atoms with van der Waals surface area (Å²) in [5.41, 5.74) is 5.82. The lowest BCUT2D eigenvalue weighted by Gasteiger charge is -2.26. The van der Waals surface area contributed by atoms with Crippen molar-refractivity contribution < 1.29 is 13.9 Å². The van der Waals surface area contributed by atoms with Crippen LogP contribution in [-0.2, 0) is 4.74 Å². The van der Waals surface area contributed by atoms with Crippen LogP contribution in [0.1, 0.15) is 36.0 Å². The largest absolute Gasteiger partial charge is 0.376 e. The minimum atomic E-state index is -0.618. The number of halogens is 1. The van der Waals surface area contributed by atoms with Crippen molar-refractivity contribution in [3.05, 3.63) is 29.8 Å². The van der Waals surface area contributed by atoms with Gasteiger partial charge in [0, 0.05) is 18.8 Å². The van der Waals surface area contributed by atoms with Crippen LogP contribution >= 0.6 is 0 Å². The first-order valence-corrected chi connectivity index (χ1v) is 6.91. The maximum absolute atomic E-state index is 13.3. The third kappa shape index (κ3) is 4.25. The van der Waals surface area contributed by atoms with Crippen molar-refractivity contribution in [1.29, 1.82) is 0 Å². The van der Waals surface area contributed by atoms with E-state index in [-0.39, 0.29) is 11.7 Å². The van der Waals surface area contributed by atoms with E-state index in [9.17, 15) is 9.18 Å². The number of nitrogens with two attached hydrogens (primary N) is 1. The molecule has 3 N–H and O–H groups in total. The van der Waals surface area contributed by atoms with Gasteiger partial charge in [0.05, 0.1) is 24.5 Å². The Kier molecular flexibility index (Phi) is 5.43. The molecule has 0 aromatic carbocycles. The summed E-state index contributed by atoms with van der Waals surface area (Å²) in [5, 5.41) is 2.63. The van der Waals surface area contributed by atoms with Gasteiger partial charge in [-0.3, -0.25) is 9.78 Å². The third-order valence-corrected chi connectivity index (χ3v) is 3.48. The maximum Gasteiger partial charge on any atom is 0.254 e. The number of carbonyl (C=O) groups is 1. The summed E-state index contributed by atoms with van der Waals surface area (Å²) >= 11 is 0. The summed E-state index contributed by atoms with van der Waals surface area (Å²) in [6.45, 7) is 0.793. The van der Waals surface area contributed by atoms with Gasteiger partial charge in [0.2, 0.25) is 0 Å². The van der Waals surface area contributed by atoms with Crippen molar-refractivity contribution in [2.45, 2.75) is 37.8 Å². The topological polar surface area (TPSA) is 77.2 Å².